The Morgan fingerprint density at radius 2 is 2.00 bits per heavy atom. The summed E-state index contributed by atoms with van der Waals surface area (Å²) in [5, 5.41) is 9.13. The number of rotatable bonds is 4. The average molecular weight is 202 g/mol. The smallest absolute Gasteiger partial charge is 0.138 e. The number of aliphatic hydroxyl groups is 1. The van der Waals surface area contributed by atoms with Crippen molar-refractivity contribution in [2.24, 2.45) is 11.3 Å². The molecule has 0 aromatic rings. The summed E-state index contributed by atoms with van der Waals surface area (Å²) in [7, 11) is 0. The first-order valence-corrected chi connectivity index (χ1v) is 4.94. The third kappa shape index (κ3) is 4.36. The van der Waals surface area contributed by atoms with E-state index in [4.69, 9.17) is 5.11 Å². The molecule has 0 aliphatic carbocycles. The number of thiol groups is 1. The molecule has 0 radical (unpaired) electrons. The predicted octanol–water partition coefficient (Wildman–Crippen LogP) is 2.61. The molecule has 1 N–H and O–H groups in total. The van der Waals surface area contributed by atoms with E-state index in [0.29, 0.717) is 12.2 Å². The maximum absolute atomic E-state index is 11.6. The van der Waals surface area contributed by atoms with Crippen LogP contribution in [0.2, 0.25) is 0 Å². The lowest BCUT2D eigenvalue weighted by molar-refractivity contribution is -0.127. The number of carbonyl (C=O) groups is 1. The van der Waals surface area contributed by atoms with E-state index in [1.54, 1.807) is 0 Å². The number of carbonyl (C=O) groups excluding carboxylic acids is 1. The zero-order chi connectivity index (χ0) is 10.6. The Bertz CT molecular complexity index is 203. The van der Waals surface area contributed by atoms with Gasteiger partial charge >= 0.3 is 0 Å². The van der Waals surface area contributed by atoms with Gasteiger partial charge in [-0.15, -0.1) is 0 Å². The highest BCUT2D eigenvalue weighted by atomic mass is 32.1. The lowest BCUT2D eigenvalue weighted by atomic mass is 9.85. The second-order valence-corrected chi connectivity index (χ2v) is 4.61. The van der Waals surface area contributed by atoms with E-state index in [1.807, 2.05) is 20.8 Å². The van der Waals surface area contributed by atoms with Crippen LogP contribution in [0, 0.1) is 11.3 Å². The van der Waals surface area contributed by atoms with Gasteiger partial charge in [0.2, 0.25) is 0 Å². The molecular weight excluding hydrogens is 184 g/mol. The molecule has 2 nitrogen and oxygen atoms in total. The fourth-order valence-corrected chi connectivity index (χ4v) is 1.16. The zero-order valence-electron chi connectivity index (χ0n) is 8.50. The first-order chi connectivity index (χ1) is 5.79. The quantitative estimate of drug-likeness (QED) is 0.543. The summed E-state index contributed by atoms with van der Waals surface area (Å²) in [5.41, 5.74) is -0.351. The first kappa shape index (κ1) is 12.6. The molecule has 0 rings (SSSR count). The van der Waals surface area contributed by atoms with Gasteiger partial charge < -0.3 is 5.11 Å². The standard InChI is InChI=1S/C10H18O2S/c1-7(11)8(6-13)5-9(12)10(2,3)4/h8,11,13H,1,5-6H2,2-4H3. The van der Waals surface area contributed by atoms with E-state index in [-0.39, 0.29) is 22.9 Å². The highest BCUT2D eigenvalue weighted by Crippen LogP contribution is 2.22. The Kier molecular flexibility index (Phi) is 4.54. The number of hydrogen-bond donors (Lipinski definition) is 2. The van der Waals surface area contributed by atoms with Crippen molar-refractivity contribution in [2.45, 2.75) is 27.2 Å². The van der Waals surface area contributed by atoms with Crippen molar-refractivity contribution in [3.63, 3.8) is 0 Å². The van der Waals surface area contributed by atoms with Gasteiger partial charge in [-0.1, -0.05) is 27.4 Å². The Morgan fingerprint density at radius 1 is 1.54 bits per heavy atom. The molecule has 0 amide bonds. The van der Waals surface area contributed by atoms with E-state index >= 15 is 0 Å². The van der Waals surface area contributed by atoms with Crippen LogP contribution in [-0.2, 0) is 4.79 Å². The Labute approximate surface area is 85.4 Å². The SMILES string of the molecule is C=C(O)C(CS)CC(=O)C(C)(C)C. The van der Waals surface area contributed by atoms with Crippen molar-refractivity contribution in [1.29, 1.82) is 0 Å². The van der Waals surface area contributed by atoms with Gasteiger partial charge in [0, 0.05) is 23.5 Å². The van der Waals surface area contributed by atoms with Crippen LogP contribution in [0.5, 0.6) is 0 Å². The van der Waals surface area contributed by atoms with Crippen LogP contribution in [0.4, 0.5) is 0 Å². The Hall–Kier alpha value is -0.440. The molecule has 3 heteroatoms. The number of allylic oxidation sites excluding steroid dienone is 1. The molecule has 0 aromatic heterocycles. The number of aliphatic hydroxyl groups excluding tert-OH is 1. The van der Waals surface area contributed by atoms with Gasteiger partial charge in [0.15, 0.2) is 0 Å². The predicted molar refractivity (Wildman–Crippen MR) is 58.2 cm³/mol. The van der Waals surface area contributed by atoms with Crippen molar-refractivity contribution < 1.29 is 9.90 Å². The molecule has 0 heterocycles. The van der Waals surface area contributed by atoms with Crippen molar-refractivity contribution >= 4 is 18.4 Å². The number of Topliss-reactive ketones (excluding diaryl/α,β-unsaturated/α-hetero) is 1. The van der Waals surface area contributed by atoms with Gasteiger partial charge in [0.1, 0.15) is 5.78 Å². The van der Waals surface area contributed by atoms with Gasteiger partial charge in [-0.25, -0.2) is 0 Å². The van der Waals surface area contributed by atoms with Gasteiger partial charge in [0.25, 0.3) is 0 Å². The third-order valence-electron chi connectivity index (χ3n) is 1.96. The monoisotopic (exact) mass is 202 g/mol. The maximum atomic E-state index is 11.6. The normalized spacial score (nSPS) is 13.8. The molecule has 0 saturated carbocycles. The summed E-state index contributed by atoms with van der Waals surface area (Å²) in [4.78, 5) is 11.6. The van der Waals surface area contributed by atoms with Crippen LogP contribution in [0.3, 0.4) is 0 Å². The minimum absolute atomic E-state index is 0.0487. The van der Waals surface area contributed by atoms with Crippen LogP contribution in [0.1, 0.15) is 27.2 Å². The fraction of sp³-hybridized carbons (Fsp3) is 0.700. The summed E-state index contributed by atoms with van der Waals surface area (Å²) in [5.74, 6) is 0.418. The second kappa shape index (κ2) is 4.70. The van der Waals surface area contributed by atoms with Crippen molar-refractivity contribution in [3.8, 4) is 0 Å². The Morgan fingerprint density at radius 3 is 2.23 bits per heavy atom. The first-order valence-electron chi connectivity index (χ1n) is 4.31. The molecule has 0 aromatic carbocycles. The summed E-state index contributed by atoms with van der Waals surface area (Å²) < 4.78 is 0. The van der Waals surface area contributed by atoms with Crippen molar-refractivity contribution in [2.75, 3.05) is 5.75 Å². The summed E-state index contributed by atoms with van der Waals surface area (Å²) in [6.07, 6.45) is 0.322. The van der Waals surface area contributed by atoms with E-state index in [1.165, 1.54) is 0 Å². The average Bonchev–Trinajstić information content (AvgIpc) is 1.96. The van der Waals surface area contributed by atoms with Gasteiger partial charge in [0.05, 0.1) is 5.76 Å². The van der Waals surface area contributed by atoms with Crippen LogP contribution in [0.15, 0.2) is 12.3 Å². The molecule has 0 bridgehead atoms. The molecule has 1 atom stereocenters. The maximum Gasteiger partial charge on any atom is 0.138 e. The van der Waals surface area contributed by atoms with Gasteiger partial charge in [-0.05, 0) is 0 Å². The molecule has 0 saturated heterocycles. The molecule has 0 fully saturated rings. The van der Waals surface area contributed by atoms with E-state index in [9.17, 15) is 4.79 Å². The minimum Gasteiger partial charge on any atom is -0.513 e. The van der Waals surface area contributed by atoms with Crippen molar-refractivity contribution in [1.82, 2.24) is 0 Å². The highest BCUT2D eigenvalue weighted by Gasteiger charge is 2.25. The summed E-state index contributed by atoms with van der Waals surface area (Å²) in [6, 6.07) is 0. The lowest BCUT2D eigenvalue weighted by Crippen LogP contribution is -2.24. The topological polar surface area (TPSA) is 37.3 Å². The zero-order valence-corrected chi connectivity index (χ0v) is 9.40. The molecule has 76 valence electrons. The molecule has 1 unspecified atom stereocenters. The number of ketones is 1. The fourth-order valence-electron chi connectivity index (χ4n) is 0.818. The lowest BCUT2D eigenvalue weighted by Gasteiger charge is -2.20. The molecule has 0 spiro atoms. The van der Waals surface area contributed by atoms with E-state index < -0.39 is 0 Å². The highest BCUT2D eigenvalue weighted by molar-refractivity contribution is 7.80. The largest absolute Gasteiger partial charge is 0.513 e. The van der Waals surface area contributed by atoms with Crippen molar-refractivity contribution in [3.05, 3.63) is 12.3 Å². The van der Waals surface area contributed by atoms with Crippen LogP contribution in [-0.4, -0.2) is 16.6 Å². The number of hydrogen-bond acceptors (Lipinski definition) is 3. The summed E-state index contributed by atoms with van der Waals surface area (Å²) >= 11 is 4.05. The summed E-state index contributed by atoms with van der Waals surface area (Å²) in [6.45, 7) is 9.01. The van der Waals surface area contributed by atoms with E-state index in [0.717, 1.165) is 0 Å². The molecular formula is C10H18O2S. The van der Waals surface area contributed by atoms with Crippen LogP contribution in [0.25, 0.3) is 0 Å². The van der Waals surface area contributed by atoms with E-state index in [2.05, 4.69) is 19.2 Å². The van der Waals surface area contributed by atoms with Gasteiger partial charge in [-0.3, -0.25) is 4.79 Å². The van der Waals surface area contributed by atoms with Crippen LogP contribution >= 0.6 is 12.6 Å². The Balaban J connectivity index is 4.26. The molecule has 0 aliphatic rings. The third-order valence-corrected chi connectivity index (χ3v) is 2.40. The minimum atomic E-state index is -0.351. The second-order valence-electron chi connectivity index (χ2n) is 4.25. The molecule has 0 aliphatic heterocycles. The van der Waals surface area contributed by atoms with Gasteiger partial charge in [-0.2, -0.15) is 12.6 Å². The van der Waals surface area contributed by atoms with Crippen LogP contribution < -0.4 is 0 Å². The molecule has 13 heavy (non-hydrogen) atoms.